The van der Waals surface area contributed by atoms with Crippen LogP contribution in [0.1, 0.15) is 11.9 Å². The van der Waals surface area contributed by atoms with E-state index >= 15 is 0 Å². The van der Waals surface area contributed by atoms with Gasteiger partial charge in [0.25, 0.3) is 0 Å². The van der Waals surface area contributed by atoms with E-state index in [4.69, 9.17) is 5.73 Å². The molecular weight excluding hydrogens is 160 g/mol. The minimum absolute atomic E-state index is 0.403. The van der Waals surface area contributed by atoms with E-state index in [0.717, 1.165) is 5.01 Å². The number of hydrogen-bond donors (Lipinski definition) is 1. The van der Waals surface area contributed by atoms with Crippen molar-refractivity contribution in [2.24, 2.45) is 5.73 Å². The molecule has 0 aliphatic heterocycles. The van der Waals surface area contributed by atoms with E-state index in [1.807, 2.05) is 5.38 Å². The molecule has 4 heteroatoms. The normalized spacial score (nSPS) is 11.5. The van der Waals surface area contributed by atoms with E-state index in [1.54, 1.807) is 19.2 Å². The summed E-state index contributed by atoms with van der Waals surface area (Å²) in [6.07, 6.45) is 3.36. The molecule has 0 saturated heterocycles. The zero-order valence-electron chi connectivity index (χ0n) is 6.07. The zero-order chi connectivity index (χ0) is 8.27. The van der Waals surface area contributed by atoms with Crippen molar-refractivity contribution in [1.29, 1.82) is 0 Å². The van der Waals surface area contributed by atoms with Crippen LogP contribution in [0.2, 0.25) is 0 Å². The lowest BCUT2D eigenvalue weighted by Crippen LogP contribution is -2.11. The Morgan fingerprint density at radius 1 is 1.82 bits per heavy atom. The Bertz CT molecular complexity index is 277. The topological polar surface area (TPSA) is 56.0 Å². The highest BCUT2D eigenvalue weighted by molar-refractivity contribution is 7.10. The molecule has 0 atom stereocenters. The van der Waals surface area contributed by atoms with Crippen LogP contribution in [0.4, 0.5) is 0 Å². The Morgan fingerprint density at radius 2 is 2.55 bits per heavy atom. The summed E-state index contributed by atoms with van der Waals surface area (Å²) in [5.41, 5.74) is 5.55. The number of aromatic nitrogens is 1. The molecule has 0 spiro atoms. The number of carbonyl (C=O) groups is 1. The molecule has 0 aliphatic carbocycles. The van der Waals surface area contributed by atoms with Gasteiger partial charge in [0.1, 0.15) is 5.01 Å². The number of nitrogens with two attached hydrogens (primary N) is 1. The summed E-state index contributed by atoms with van der Waals surface area (Å²) in [5.74, 6) is -0.403. The number of hydrogen-bond acceptors (Lipinski definition) is 3. The molecule has 1 rings (SSSR count). The van der Waals surface area contributed by atoms with Crippen molar-refractivity contribution in [2.75, 3.05) is 0 Å². The largest absolute Gasteiger partial charge is 0.366 e. The predicted octanol–water partition coefficient (Wildman–Crippen LogP) is 1.03. The molecule has 11 heavy (non-hydrogen) atoms. The van der Waals surface area contributed by atoms with Gasteiger partial charge in [-0.05, 0) is 13.0 Å². The second kappa shape index (κ2) is 3.30. The first-order valence-electron chi connectivity index (χ1n) is 3.08. The van der Waals surface area contributed by atoms with Gasteiger partial charge in [-0.25, -0.2) is 4.98 Å². The van der Waals surface area contributed by atoms with Crippen LogP contribution in [0, 0.1) is 0 Å². The fourth-order valence-corrected chi connectivity index (χ4v) is 1.19. The maximum absolute atomic E-state index is 10.6. The molecule has 0 bridgehead atoms. The summed E-state index contributed by atoms with van der Waals surface area (Å²) in [4.78, 5) is 14.5. The van der Waals surface area contributed by atoms with Gasteiger partial charge in [-0.3, -0.25) is 4.79 Å². The average molecular weight is 168 g/mol. The van der Waals surface area contributed by atoms with Crippen LogP contribution in [-0.4, -0.2) is 10.9 Å². The number of primary amides is 1. The smallest absolute Gasteiger partial charge is 0.244 e. The van der Waals surface area contributed by atoms with Gasteiger partial charge in [-0.1, -0.05) is 0 Å². The number of thiazole rings is 1. The minimum Gasteiger partial charge on any atom is -0.366 e. The van der Waals surface area contributed by atoms with Gasteiger partial charge in [0, 0.05) is 17.2 Å². The second-order valence-electron chi connectivity index (χ2n) is 2.06. The summed E-state index contributed by atoms with van der Waals surface area (Å²) >= 11 is 1.47. The first-order chi connectivity index (χ1) is 5.20. The van der Waals surface area contributed by atoms with E-state index in [1.165, 1.54) is 11.3 Å². The molecule has 0 aliphatic rings. The van der Waals surface area contributed by atoms with E-state index in [0.29, 0.717) is 5.57 Å². The Kier molecular flexibility index (Phi) is 2.38. The van der Waals surface area contributed by atoms with Gasteiger partial charge in [-0.2, -0.15) is 0 Å². The maximum Gasteiger partial charge on any atom is 0.244 e. The van der Waals surface area contributed by atoms with E-state index in [2.05, 4.69) is 4.98 Å². The highest BCUT2D eigenvalue weighted by atomic mass is 32.1. The molecule has 0 radical (unpaired) electrons. The first kappa shape index (κ1) is 7.94. The first-order valence-corrected chi connectivity index (χ1v) is 3.95. The molecule has 1 amide bonds. The van der Waals surface area contributed by atoms with Gasteiger partial charge in [0.05, 0.1) is 0 Å². The van der Waals surface area contributed by atoms with Crippen molar-refractivity contribution in [3.63, 3.8) is 0 Å². The Morgan fingerprint density at radius 3 is 3.00 bits per heavy atom. The monoisotopic (exact) mass is 168 g/mol. The quantitative estimate of drug-likeness (QED) is 0.670. The third-order valence-electron chi connectivity index (χ3n) is 1.18. The van der Waals surface area contributed by atoms with Gasteiger partial charge in [0.2, 0.25) is 5.91 Å². The number of nitrogens with zero attached hydrogens (tertiary/aromatic N) is 1. The molecule has 1 aromatic heterocycles. The predicted molar refractivity (Wildman–Crippen MR) is 45.0 cm³/mol. The average Bonchev–Trinajstić information content (AvgIpc) is 2.39. The van der Waals surface area contributed by atoms with Crippen LogP contribution in [0.25, 0.3) is 6.08 Å². The van der Waals surface area contributed by atoms with Crippen molar-refractivity contribution in [2.45, 2.75) is 6.92 Å². The molecule has 0 aromatic carbocycles. The van der Waals surface area contributed by atoms with E-state index in [9.17, 15) is 4.79 Å². The van der Waals surface area contributed by atoms with Crippen molar-refractivity contribution < 1.29 is 4.79 Å². The molecule has 2 N–H and O–H groups in total. The van der Waals surface area contributed by atoms with Crippen LogP contribution in [0.3, 0.4) is 0 Å². The second-order valence-corrected chi connectivity index (χ2v) is 2.99. The lowest BCUT2D eigenvalue weighted by atomic mass is 10.3. The fourth-order valence-electron chi connectivity index (χ4n) is 0.562. The lowest BCUT2D eigenvalue weighted by Gasteiger charge is -1.89. The zero-order valence-corrected chi connectivity index (χ0v) is 6.89. The summed E-state index contributed by atoms with van der Waals surface area (Å²) in [6, 6.07) is 0. The maximum atomic E-state index is 10.6. The standard InChI is InChI=1S/C7H8N2OS/c1-5(7(8)10)4-6-9-2-3-11-6/h2-4H,1H3,(H2,8,10). The van der Waals surface area contributed by atoms with Crippen molar-refractivity contribution in [1.82, 2.24) is 4.98 Å². The van der Waals surface area contributed by atoms with Crippen molar-refractivity contribution in [3.8, 4) is 0 Å². The van der Waals surface area contributed by atoms with Crippen LogP contribution in [-0.2, 0) is 4.79 Å². The van der Waals surface area contributed by atoms with Crippen molar-refractivity contribution >= 4 is 23.3 Å². The van der Waals surface area contributed by atoms with Crippen LogP contribution in [0.5, 0.6) is 0 Å². The Labute approximate surface area is 68.6 Å². The number of amides is 1. The third kappa shape index (κ3) is 2.16. The summed E-state index contributed by atoms with van der Waals surface area (Å²) in [5, 5.41) is 2.65. The molecule has 0 unspecified atom stereocenters. The summed E-state index contributed by atoms with van der Waals surface area (Å²) < 4.78 is 0. The minimum atomic E-state index is -0.403. The Hall–Kier alpha value is -1.16. The van der Waals surface area contributed by atoms with Crippen LogP contribution >= 0.6 is 11.3 Å². The third-order valence-corrected chi connectivity index (χ3v) is 1.90. The molecule has 58 valence electrons. The summed E-state index contributed by atoms with van der Waals surface area (Å²) in [7, 11) is 0. The number of rotatable bonds is 2. The molecule has 1 heterocycles. The van der Waals surface area contributed by atoms with Gasteiger partial charge in [-0.15, -0.1) is 11.3 Å². The van der Waals surface area contributed by atoms with Crippen LogP contribution in [0.15, 0.2) is 17.2 Å². The Balaban J connectivity index is 2.82. The highest BCUT2D eigenvalue weighted by Gasteiger charge is 1.97. The molecule has 3 nitrogen and oxygen atoms in total. The molecule has 0 saturated carbocycles. The van der Waals surface area contributed by atoms with Crippen molar-refractivity contribution in [3.05, 3.63) is 22.2 Å². The fraction of sp³-hybridized carbons (Fsp3) is 0.143. The van der Waals surface area contributed by atoms with Crippen LogP contribution < -0.4 is 5.73 Å². The van der Waals surface area contributed by atoms with Gasteiger partial charge >= 0.3 is 0 Å². The lowest BCUT2D eigenvalue weighted by molar-refractivity contribution is -0.114. The molecule has 1 aromatic rings. The summed E-state index contributed by atoms with van der Waals surface area (Å²) in [6.45, 7) is 1.67. The highest BCUT2D eigenvalue weighted by Crippen LogP contribution is 2.08. The van der Waals surface area contributed by atoms with E-state index < -0.39 is 5.91 Å². The van der Waals surface area contributed by atoms with E-state index in [-0.39, 0.29) is 0 Å². The van der Waals surface area contributed by atoms with Gasteiger partial charge in [0.15, 0.2) is 0 Å². The van der Waals surface area contributed by atoms with Gasteiger partial charge < -0.3 is 5.73 Å². The SMILES string of the molecule is CC(=Cc1nccs1)C(N)=O. The number of carbonyl (C=O) groups excluding carboxylic acids is 1. The molecular formula is C7H8N2OS. The molecule has 0 fully saturated rings.